The normalized spacial score (nSPS) is 12.0. The molecule has 0 aliphatic carbocycles. The predicted octanol–water partition coefficient (Wildman–Crippen LogP) is 5.71. The number of carbonyl (C=O) groups is 2. The topological polar surface area (TPSA) is 86.8 Å². The summed E-state index contributed by atoms with van der Waals surface area (Å²) in [6.45, 7) is 5.72. The number of rotatable bonds is 13. The van der Waals surface area contributed by atoms with Crippen molar-refractivity contribution < 1.29 is 22.4 Å². The first-order chi connectivity index (χ1) is 19.1. The van der Waals surface area contributed by atoms with Gasteiger partial charge in [-0.05, 0) is 55.7 Å². The molecule has 0 aromatic heterocycles. The standard InChI is InChI=1S/C30H35ClFN3O4S/c1-4-6-18-33-30(37)28(5-2)34(20-23-14-12-22(3)13-15-23)29(36)21-35(24-16-17-27(32)26(31)19-24)40(38,39)25-10-8-7-9-11-25/h7-17,19,28H,4-6,18,20-21H2,1-3H3,(H,33,37)/t28-/m1/s1. The molecule has 7 nitrogen and oxygen atoms in total. The van der Waals surface area contributed by atoms with Gasteiger partial charge in [0, 0.05) is 13.1 Å². The third-order valence-electron chi connectivity index (χ3n) is 6.49. The maximum Gasteiger partial charge on any atom is 0.264 e. The maximum absolute atomic E-state index is 14.0. The molecule has 3 aromatic carbocycles. The molecule has 0 heterocycles. The van der Waals surface area contributed by atoms with E-state index in [1.807, 2.05) is 38.1 Å². The Bertz CT molecular complexity index is 1400. The van der Waals surface area contributed by atoms with Gasteiger partial charge in [-0.2, -0.15) is 0 Å². The highest BCUT2D eigenvalue weighted by molar-refractivity contribution is 7.92. The Morgan fingerprint density at radius 2 is 1.68 bits per heavy atom. The average Bonchev–Trinajstić information content (AvgIpc) is 2.94. The molecule has 214 valence electrons. The Balaban J connectivity index is 2.04. The van der Waals surface area contributed by atoms with Crippen molar-refractivity contribution in [1.29, 1.82) is 0 Å². The molecule has 3 rings (SSSR count). The number of sulfonamides is 1. The maximum atomic E-state index is 14.0. The van der Waals surface area contributed by atoms with Crippen LogP contribution in [0.15, 0.2) is 77.7 Å². The van der Waals surface area contributed by atoms with Crippen LogP contribution in [0.3, 0.4) is 0 Å². The van der Waals surface area contributed by atoms with E-state index in [-0.39, 0.29) is 28.1 Å². The van der Waals surface area contributed by atoms with Gasteiger partial charge in [0.05, 0.1) is 15.6 Å². The molecule has 3 aromatic rings. The van der Waals surface area contributed by atoms with Crippen molar-refractivity contribution in [3.63, 3.8) is 0 Å². The summed E-state index contributed by atoms with van der Waals surface area (Å²) in [7, 11) is -4.26. The number of carbonyl (C=O) groups excluding carboxylic acids is 2. The monoisotopic (exact) mass is 587 g/mol. The quantitative estimate of drug-likeness (QED) is 0.260. The number of hydrogen-bond acceptors (Lipinski definition) is 4. The summed E-state index contributed by atoms with van der Waals surface area (Å²) in [5.74, 6) is -1.61. The van der Waals surface area contributed by atoms with Crippen LogP contribution in [0.25, 0.3) is 0 Å². The van der Waals surface area contributed by atoms with Crippen LogP contribution in [0.1, 0.15) is 44.2 Å². The van der Waals surface area contributed by atoms with Crippen LogP contribution in [0.2, 0.25) is 5.02 Å². The molecule has 0 unspecified atom stereocenters. The predicted molar refractivity (Wildman–Crippen MR) is 156 cm³/mol. The van der Waals surface area contributed by atoms with Crippen molar-refractivity contribution in [1.82, 2.24) is 10.2 Å². The van der Waals surface area contributed by atoms with Gasteiger partial charge in [-0.25, -0.2) is 12.8 Å². The lowest BCUT2D eigenvalue weighted by atomic mass is 10.1. The van der Waals surface area contributed by atoms with E-state index in [2.05, 4.69) is 5.32 Å². The molecule has 0 saturated heterocycles. The van der Waals surface area contributed by atoms with Gasteiger partial charge >= 0.3 is 0 Å². The summed E-state index contributed by atoms with van der Waals surface area (Å²) in [5.41, 5.74) is 1.86. The third kappa shape index (κ3) is 7.82. The van der Waals surface area contributed by atoms with Gasteiger partial charge in [0.15, 0.2) is 0 Å². The second-order valence-electron chi connectivity index (χ2n) is 9.50. The minimum Gasteiger partial charge on any atom is -0.354 e. The van der Waals surface area contributed by atoms with Gasteiger partial charge in [-0.3, -0.25) is 13.9 Å². The van der Waals surface area contributed by atoms with Crippen molar-refractivity contribution in [2.24, 2.45) is 0 Å². The molecular weight excluding hydrogens is 553 g/mol. The average molecular weight is 588 g/mol. The minimum atomic E-state index is -4.26. The molecule has 0 bridgehead atoms. The summed E-state index contributed by atoms with van der Waals surface area (Å²) in [6, 6.07) is 17.9. The summed E-state index contributed by atoms with van der Waals surface area (Å²) in [6.07, 6.45) is 2.02. The lowest BCUT2D eigenvalue weighted by Gasteiger charge is -2.33. The van der Waals surface area contributed by atoms with E-state index in [0.29, 0.717) is 13.0 Å². The van der Waals surface area contributed by atoms with Crippen molar-refractivity contribution in [2.45, 2.75) is 57.5 Å². The third-order valence-corrected chi connectivity index (χ3v) is 8.57. The Labute approximate surface area is 241 Å². The smallest absolute Gasteiger partial charge is 0.264 e. The van der Waals surface area contributed by atoms with E-state index in [1.165, 1.54) is 29.2 Å². The Morgan fingerprint density at radius 1 is 1.00 bits per heavy atom. The molecule has 1 N–H and O–H groups in total. The Hall–Kier alpha value is -3.43. The van der Waals surface area contributed by atoms with Crippen molar-refractivity contribution >= 4 is 39.1 Å². The van der Waals surface area contributed by atoms with Crippen LogP contribution in [0.5, 0.6) is 0 Å². The zero-order valence-corrected chi connectivity index (χ0v) is 24.5. The molecule has 1 atom stereocenters. The minimum absolute atomic E-state index is 0.0272. The number of hydrogen-bond donors (Lipinski definition) is 1. The van der Waals surface area contributed by atoms with Gasteiger partial charge < -0.3 is 10.2 Å². The van der Waals surface area contributed by atoms with Crippen LogP contribution in [0.4, 0.5) is 10.1 Å². The fraction of sp³-hybridized carbons (Fsp3) is 0.333. The van der Waals surface area contributed by atoms with Crippen molar-refractivity contribution in [3.05, 3.63) is 94.8 Å². The number of nitrogens with one attached hydrogen (secondary N) is 1. The lowest BCUT2D eigenvalue weighted by Crippen LogP contribution is -2.52. The largest absolute Gasteiger partial charge is 0.354 e. The highest BCUT2D eigenvalue weighted by Gasteiger charge is 2.33. The molecule has 0 radical (unpaired) electrons. The van der Waals surface area contributed by atoms with Crippen LogP contribution in [-0.2, 0) is 26.2 Å². The fourth-order valence-electron chi connectivity index (χ4n) is 4.20. The van der Waals surface area contributed by atoms with E-state index in [4.69, 9.17) is 11.6 Å². The van der Waals surface area contributed by atoms with E-state index >= 15 is 0 Å². The number of unbranched alkanes of at least 4 members (excludes halogenated alkanes) is 1. The molecule has 40 heavy (non-hydrogen) atoms. The fourth-order valence-corrected chi connectivity index (χ4v) is 5.81. The molecule has 10 heteroatoms. The first kappa shape index (κ1) is 31.1. The first-order valence-corrected chi connectivity index (χ1v) is 15.1. The van der Waals surface area contributed by atoms with Crippen molar-refractivity contribution in [3.8, 4) is 0 Å². The number of anilines is 1. The Kier molecular flexibility index (Phi) is 11.1. The molecular formula is C30H35ClFN3O4S. The van der Waals surface area contributed by atoms with Crippen LogP contribution < -0.4 is 9.62 Å². The SMILES string of the molecule is CCCCNC(=O)[C@@H](CC)N(Cc1ccc(C)cc1)C(=O)CN(c1ccc(F)c(Cl)c1)S(=O)(=O)c1ccccc1. The summed E-state index contributed by atoms with van der Waals surface area (Å²) < 4.78 is 42.4. The Morgan fingerprint density at radius 3 is 2.27 bits per heavy atom. The molecule has 0 aliphatic heterocycles. The number of benzene rings is 3. The number of amides is 2. The number of halogens is 2. The van der Waals surface area contributed by atoms with E-state index < -0.39 is 34.3 Å². The summed E-state index contributed by atoms with van der Waals surface area (Å²) in [4.78, 5) is 28.6. The van der Waals surface area contributed by atoms with E-state index in [9.17, 15) is 22.4 Å². The molecule has 0 fully saturated rings. The number of aryl methyl sites for hydroxylation is 1. The van der Waals surface area contributed by atoms with Crippen LogP contribution in [0, 0.1) is 12.7 Å². The van der Waals surface area contributed by atoms with Crippen LogP contribution >= 0.6 is 11.6 Å². The summed E-state index contributed by atoms with van der Waals surface area (Å²) in [5, 5.41) is 2.61. The molecule has 2 amide bonds. The van der Waals surface area contributed by atoms with E-state index in [0.717, 1.165) is 34.3 Å². The number of nitrogens with zero attached hydrogens (tertiary/aromatic N) is 2. The van der Waals surface area contributed by atoms with Crippen molar-refractivity contribution in [2.75, 3.05) is 17.4 Å². The highest BCUT2D eigenvalue weighted by Crippen LogP contribution is 2.28. The highest BCUT2D eigenvalue weighted by atomic mass is 35.5. The van der Waals surface area contributed by atoms with Gasteiger partial charge in [0.25, 0.3) is 10.0 Å². The van der Waals surface area contributed by atoms with Gasteiger partial charge in [-0.1, -0.05) is 79.9 Å². The first-order valence-electron chi connectivity index (χ1n) is 13.2. The summed E-state index contributed by atoms with van der Waals surface area (Å²) >= 11 is 6.00. The van der Waals surface area contributed by atoms with Gasteiger partial charge in [-0.15, -0.1) is 0 Å². The lowest BCUT2D eigenvalue weighted by molar-refractivity contribution is -0.140. The molecule has 0 aliphatic rings. The zero-order valence-electron chi connectivity index (χ0n) is 22.9. The zero-order chi connectivity index (χ0) is 29.3. The van der Waals surface area contributed by atoms with Gasteiger partial charge in [0.2, 0.25) is 11.8 Å². The second-order valence-corrected chi connectivity index (χ2v) is 11.8. The van der Waals surface area contributed by atoms with Gasteiger partial charge in [0.1, 0.15) is 18.4 Å². The molecule has 0 spiro atoms. The molecule has 0 saturated carbocycles. The van der Waals surface area contributed by atoms with Crippen LogP contribution in [-0.4, -0.2) is 44.3 Å². The van der Waals surface area contributed by atoms with E-state index in [1.54, 1.807) is 25.1 Å². The second kappa shape index (κ2) is 14.3.